The lowest BCUT2D eigenvalue weighted by Gasteiger charge is -2.09. The van der Waals surface area contributed by atoms with Crippen LogP contribution in [0.5, 0.6) is 0 Å². The minimum Gasteiger partial charge on any atom is -0.299 e. The Labute approximate surface area is 101 Å². The molecule has 0 bridgehead atoms. The van der Waals surface area contributed by atoms with Crippen molar-refractivity contribution in [3.05, 3.63) is 34.6 Å². The monoisotopic (exact) mass is 242 g/mol. The van der Waals surface area contributed by atoms with Gasteiger partial charge in [-0.25, -0.2) is 4.39 Å². The highest BCUT2D eigenvalue weighted by molar-refractivity contribution is 6.31. The van der Waals surface area contributed by atoms with E-state index in [0.29, 0.717) is 17.0 Å². The Kier molecular flexibility index (Phi) is 4.94. The van der Waals surface area contributed by atoms with Gasteiger partial charge < -0.3 is 0 Å². The van der Waals surface area contributed by atoms with Crippen molar-refractivity contribution >= 4 is 17.4 Å². The summed E-state index contributed by atoms with van der Waals surface area (Å²) in [5.41, 5.74) is 0.705. The van der Waals surface area contributed by atoms with Crippen molar-refractivity contribution in [2.45, 2.75) is 33.1 Å². The second-order valence-electron chi connectivity index (χ2n) is 4.07. The van der Waals surface area contributed by atoms with Gasteiger partial charge in [0.2, 0.25) is 0 Å². The van der Waals surface area contributed by atoms with E-state index in [1.807, 2.05) is 6.92 Å². The number of ketones is 1. The lowest BCUT2D eigenvalue weighted by atomic mass is 9.96. The number of Topliss-reactive ketones (excluding diaryl/α,β-unsaturated/α-hetero) is 1. The Bertz CT molecular complexity index is 376. The van der Waals surface area contributed by atoms with Crippen LogP contribution in [0.3, 0.4) is 0 Å². The third kappa shape index (κ3) is 3.60. The zero-order valence-electron chi connectivity index (χ0n) is 9.59. The van der Waals surface area contributed by atoms with E-state index in [9.17, 15) is 9.18 Å². The SMILES string of the molecule is CCCC(C)C(=O)Cc1ccc(F)cc1Cl. The van der Waals surface area contributed by atoms with E-state index in [4.69, 9.17) is 11.6 Å². The van der Waals surface area contributed by atoms with E-state index in [-0.39, 0.29) is 17.5 Å². The molecule has 1 aromatic rings. The van der Waals surface area contributed by atoms with Gasteiger partial charge in [0.15, 0.2) is 0 Å². The molecule has 0 aliphatic heterocycles. The quantitative estimate of drug-likeness (QED) is 0.762. The van der Waals surface area contributed by atoms with E-state index in [2.05, 4.69) is 6.92 Å². The van der Waals surface area contributed by atoms with Gasteiger partial charge in [-0.05, 0) is 24.1 Å². The molecule has 0 aliphatic rings. The van der Waals surface area contributed by atoms with Crippen molar-refractivity contribution < 1.29 is 9.18 Å². The molecule has 0 aliphatic carbocycles. The van der Waals surface area contributed by atoms with Crippen LogP contribution in [0.4, 0.5) is 4.39 Å². The number of benzene rings is 1. The summed E-state index contributed by atoms with van der Waals surface area (Å²) in [5.74, 6) is -0.163. The second-order valence-corrected chi connectivity index (χ2v) is 4.48. The Morgan fingerprint density at radius 3 is 2.75 bits per heavy atom. The fourth-order valence-electron chi connectivity index (χ4n) is 1.62. The molecule has 0 saturated heterocycles. The Morgan fingerprint density at radius 2 is 2.19 bits per heavy atom. The summed E-state index contributed by atoms with van der Waals surface area (Å²) in [6.07, 6.45) is 2.17. The van der Waals surface area contributed by atoms with Crippen LogP contribution >= 0.6 is 11.6 Å². The predicted octanol–water partition coefficient (Wildman–Crippen LogP) is 4.03. The molecule has 0 fully saturated rings. The van der Waals surface area contributed by atoms with Crippen LogP contribution in [0.1, 0.15) is 32.3 Å². The van der Waals surface area contributed by atoms with Crippen LogP contribution in [-0.4, -0.2) is 5.78 Å². The van der Waals surface area contributed by atoms with Crippen LogP contribution in [0.25, 0.3) is 0 Å². The summed E-state index contributed by atoms with van der Waals surface area (Å²) in [6, 6.07) is 4.15. The highest BCUT2D eigenvalue weighted by Crippen LogP contribution is 2.20. The van der Waals surface area contributed by atoms with Gasteiger partial charge in [0.1, 0.15) is 11.6 Å². The van der Waals surface area contributed by atoms with Gasteiger partial charge in [-0.2, -0.15) is 0 Å². The number of carbonyl (C=O) groups excluding carboxylic acids is 1. The number of hydrogen-bond donors (Lipinski definition) is 0. The van der Waals surface area contributed by atoms with Crippen molar-refractivity contribution in [3.8, 4) is 0 Å². The van der Waals surface area contributed by atoms with E-state index in [1.165, 1.54) is 12.1 Å². The molecule has 88 valence electrons. The van der Waals surface area contributed by atoms with E-state index >= 15 is 0 Å². The van der Waals surface area contributed by atoms with Gasteiger partial charge in [-0.15, -0.1) is 0 Å². The van der Waals surface area contributed by atoms with Gasteiger partial charge in [0, 0.05) is 17.4 Å². The second kappa shape index (κ2) is 6.00. The summed E-state index contributed by atoms with van der Waals surface area (Å²) in [7, 11) is 0. The van der Waals surface area contributed by atoms with Gasteiger partial charge >= 0.3 is 0 Å². The standard InChI is InChI=1S/C13H16ClFO/c1-3-4-9(2)13(16)7-10-5-6-11(15)8-12(10)14/h5-6,8-9H,3-4,7H2,1-2H3. The molecule has 1 unspecified atom stereocenters. The molecule has 1 aromatic carbocycles. The van der Waals surface area contributed by atoms with Crippen molar-refractivity contribution in [1.82, 2.24) is 0 Å². The zero-order chi connectivity index (χ0) is 12.1. The first-order chi connectivity index (χ1) is 7.54. The van der Waals surface area contributed by atoms with Gasteiger partial charge in [0.05, 0.1) is 0 Å². The first kappa shape index (κ1) is 13.2. The van der Waals surface area contributed by atoms with Crippen molar-refractivity contribution in [1.29, 1.82) is 0 Å². The molecule has 16 heavy (non-hydrogen) atoms. The number of hydrogen-bond acceptors (Lipinski definition) is 1. The maximum atomic E-state index is 12.8. The summed E-state index contributed by atoms with van der Waals surface area (Å²) in [5, 5.41) is 0.331. The molecule has 0 aromatic heterocycles. The molecule has 0 saturated carbocycles. The Balaban J connectivity index is 2.69. The lowest BCUT2D eigenvalue weighted by Crippen LogP contribution is -2.13. The van der Waals surface area contributed by atoms with Gasteiger partial charge in [0.25, 0.3) is 0 Å². The van der Waals surface area contributed by atoms with Crippen molar-refractivity contribution in [3.63, 3.8) is 0 Å². The summed E-state index contributed by atoms with van der Waals surface area (Å²) < 4.78 is 12.8. The third-order valence-corrected chi connectivity index (χ3v) is 3.00. The topological polar surface area (TPSA) is 17.1 Å². The molecule has 0 spiro atoms. The molecule has 1 atom stereocenters. The minimum absolute atomic E-state index is 0.0473. The molecule has 0 radical (unpaired) electrons. The van der Waals surface area contributed by atoms with Crippen LogP contribution in [0.2, 0.25) is 5.02 Å². The average molecular weight is 243 g/mol. The van der Waals surface area contributed by atoms with E-state index in [1.54, 1.807) is 6.07 Å². The summed E-state index contributed by atoms with van der Waals surface area (Å²) >= 11 is 5.86. The fraction of sp³-hybridized carbons (Fsp3) is 0.462. The molecule has 0 amide bonds. The molecule has 1 rings (SSSR count). The molecule has 1 nitrogen and oxygen atoms in total. The van der Waals surface area contributed by atoms with E-state index < -0.39 is 0 Å². The third-order valence-electron chi connectivity index (χ3n) is 2.65. The average Bonchev–Trinajstić information content (AvgIpc) is 2.22. The van der Waals surface area contributed by atoms with Crippen molar-refractivity contribution in [2.75, 3.05) is 0 Å². The molecule has 3 heteroatoms. The number of halogens is 2. The van der Waals surface area contributed by atoms with Crippen molar-refractivity contribution in [2.24, 2.45) is 5.92 Å². The van der Waals surface area contributed by atoms with Gasteiger partial charge in [-0.1, -0.05) is 37.9 Å². The summed E-state index contributed by atoms with van der Waals surface area (Å²) in [4.78, 5) is 11.8. The zero-order valence-corrected chi connectivity index (χ0v) is 10.4. The molecular formula is C13H16ClFO. The highest BCUT2D eigenvalue weighted by atomic mass is 35.5. The molecule has 0 N–H and O–H groups in total. The van der Waals surface area contributed by atoms with Crippen LogP contribution in [0.15, 0.2) is 18.2 Å². The fourth-order valence-corrected chi connectivity index (χ4v) is 1.86. The predicted molar refractivity (Wildman–Crippen MR) is 64.2 cm³/mol. The maximum Gasteiger partial charge on any atom is 0.140 e. The molecular weight excluding hydrogens is 227 g/mol. The number of rotatable bonds is 5. The Morgan fingerprint density at radius 1 is 1.50 bits per heavy atom. The highest BCUT2D eigenvalue weighted by Gasteiger charge is 2.14. The normalized spacial score (nSPS) is 12.5. The van der Waals surface area contributed by atoms with Gasteiger partial charge in [-0.3, -0.25) is 4.79 Å². The lowest BCUT2D eigenvalue weighted by molar-refractivity contribution is -0.121. The van der Waals surface area contributed by atoms with Crippen LogP contribution in [-0.2, 0) is 11.2 Å². The minimum atomic E-state index is -0.372. The molecule has 0 heterocycles. The largest absolute Gasteiger partial charge is 0.299 e. The van der Waals surface area contributed by atoms with Crippen LogP contribution in [0, 0.1) is 11.7 Å². The first-order valence-electron chi connectivity index (χ1n) is 5.51. The Hall–Kier alpha value is -0.890. The van der Waals surface area contributed by atoms with Crippen LogP contribution < -0.4 is 0 Å². The van der Waals surface area contributed by atoms with E-state index in [0.717, 1.165) is 12.8 Å². The number of carbonyl (C=O) groups is 1. The smallest absolute Gasteiger partial charge is 0.140 e. The maximum absolute atomic E-state index is 12.8. The first-order valence-corrected chi connectivity index (χ1v) is 5.89. The summed E-state index contributed by atoms with van der Waals surface area (Å²) in [6.45, 7) is 3.97.